The van der Waals surface area contributed by atoms with E-state index in [0.29, 0.717) is 0 Å². The first-order valence-electron chi connectivity index (χ1n) is 6.73. The van der Waals surface area contributed by atoms with Gasteiger partial charge < -0.3 is 22.2 Å². The van der Waals surface area contributed by atoms with Crippen LogP contribution in [0.3, 0.4) is 0 Å². The lowest BCUT2D eigenvalue weighted by Gasteiger charge is -2.37. The molecule has 0 bridgehead atoms. The Labute approximate surface area is 119 Å². The maximum Gasteiger partial charge on any atom is 0.247 e. The summed E-state index contributed by atoms with van der Waals surface area (Å²) in [5.74, 6) is -0.0726. The van der Waals surface area contributed by atoms with Crippen LogP contribution in [0.2, 0.25) is 0 Å². The van der Waals surface area contributed by atoms with Gasteiger partial charge in [0.1, 0.15) is 0 Å². The summed E-state index contributed by atoms with van der Waals surface area (Å²) in [7, 11) is 4.37. The van der Waals surface area contributed by atoms with Gasteiger partial charge in [0.25, 0.3) is 0 Å². The zero-order chi connectivity index (χ0) is 13.3. The number of halogens is 1. The van der Waals surface area contributed by atoms with Gasteiger partial charge in [0.2, 0.25) is 5.91 Å². The molecule has 0 aromatic heterocycles. The van der Waals surface area contributed by atoms with Crippen molar-refractivity contribution >= 4 is 5.91 Å². The highest BCUT2D eigenvalue weighted by molar-refractivity contribution is 5.86. The third-order valence-corrected chi connectivity index (χ3v) is 3.31. The molecule has 4 heteroatoms. The summed E-state index contributed by atoms with van der Waals surface area (Å²) in [4.78, 5) is 11.4. The molecule has 0 aliphatic rings. The number of unbranched alkanes of at least 4 members (excludes halogenated alkanes) is 3. The number of hydrogen-bond donors (Lipinski definition) is 1. The van der Waals surface area contributed by atoms with Crippen LogP contribution in [-0.2, 0) is 4.79 Å². The van der Waals surface area contributed by atoms with Crippen molar-refractivity contribution in [1.82, 2.24) is 5.32 Å². The second kappa shape index (κ2) is 10.4. The molecule has 3 nitrogen and oxygen atoms in total. The topological polar surface area (TPSA) is 29.1 Å². The van der Waals surface area contributed by atoms with Gasteiger partial charge in [-0.05, 0) is 18.9 Å². The van der Waals surface area contributed by atoms with Crippen LogP contribution < -0.4 is 17.7 Å². The summed E-state index contributed by atoms with van der Waals surface area (Å²) >= 11 is 0. The second-order valence-electron chi connectivity index (χ2n) is 5.20. The number of nitrogens with one attached hydrogen (secondary N) is 1. The highest BCUT2D eigenvalue weighted by Crippen LogP contribution is 2.11. The molecule has 0 spiro atoms. The molecule has 0 aromatic rings. The van der Waals surface area contributed by atoms with E-state index in [2.05, 4.69) is 39.8 Å². The predicted octanol–water partition coefficient (Wildman–Crippen LogP) is -0.315. The van der Waals surface area contributed by atoms with Crippen LogP contribution in [0.25, 0.3) is 0 Å². The average Bonchev–Trinajstić information content (AvgIpc) is 2.31. The van der Waals surface area contributed by atoms with E-state index in [1.165, 1.54) is 31.8 Å². The van der Waals surface area contributed by atoms with Crippen molar-refractivity contribution in [2.45, 2.75) is 52.1 Å². The summed E-state index contributed by atoms with van der Waals surface area (Å²) in [5.41, 5.74) is 0. The molecule has 18 heavy (non-hydrogen) atoms. The zero-order valence-electron chi connectivity index (χ0n) is 12.3. The maximum atomic E-state index is 11.4. The molecule has 0 aliphatic heterocycles. The first kappa shape index (κ1) is 19.8. The highest BCUT2D eigenvalue weighted by atomic mass is 35.5. The lowest BCUT2D eigenvalue weighted by Crippen LogP contribution is -3.00. The molecule has 0 aliphatic carbocycles. The molecule has 0 aromatic carbocycles. The quantitative estimate of drug-likeness (QED) is 0.266. The Hall–Kier alpha value is -0.540. The number of carbonyl (C=O) groups is 1. The van der Waals surface area contributed by atoms with Gasteiger partial charge in [-0.2, -0.15) is 0 Å². The summed E-state index contributed by atoms with van der Waals surface area (Å²) < 4.78 is 0.847. The summed E-state index contributed by atoms with van der Waals surface area (Å²) in [6.07, 6.45) is 7.54. The number of nitrogens with zero attached hydrogens (tertiary/aromatic N) is 1. The Bertz CT molecular complexity index is 242. The third kappa shape index (κ3) is 7.72. The Morgan fingerprint density at radius 2 is 1.89 bits per heavy atom. The fourth-order valence-corrected chi connectivity index (χ4v) is 2.10. The van der Waals surface area contributed by atoms with E-state index in [1.54, 1.807) is 0 Å². The smallest absolute Gasteiger partial charge is 0.247 e. The summed E-state index contributed by atoms with van der Waals surface area (Å²) in [6.45, 7) is 8.94. The Balaban J connectivity index is 0. The molecule has 1 N–H and O–H groups in total. The van der Waals surface area contributed by atoms with Crippen LogP contribution in [0, 0.1) is 0 Å². The minimum Gasteiger partial charge on any atom is -1.00 e. The lowest BCUT2D eigenvalue weighted by atomic mass is 10.1. The van der Waals surface area contributed by atoms with E-state index in [0.717, 1.165) is 17.4 Å². The predicted molar refractivity (Wildman–Crippen MR) is 73.5 cm³/mol. The number of quaternary nitrogens is 1. The molecular weight excluding hydrogens is 248 g/mol. The fourth-order valence-electron chi connectivity index (χ4n) is 2.10. The fraction of sp³-hybridized carbons (Fsp3) is 0.786. The van der Waals surface area contributed by atoms with Crippen molar-refractivity contribution in [2.24, 2.45) is 0 Å². The van der Waals surface area contributed by atoms with Crippen LogP contribution >= 0.6 is 0 Å². The summed E-state index contributed by atoms with van der Waals surface area (Å²) in [6, 6.07) is 0. The minimum absolute atomic E-state index is 0. The Kier molecular flexibility index (Phi) is 11.4. The monoisotopic (exact) mass is 276 g/mol. The average molecular weight is 277 g/mol. The highest BCUT2D eigenvalue weighted by Gasteiger charge is 2.26. The van der Waals surface area contributed by atoms with E-state index < -0.39 is 0 Å². The zero-order valence-corrected chi connectivity index (χ0v) is 13.1. The molecule has 108 valence electrons. The maximum absolute atomic E-state index is 11.4. The van der Waals surface area contributed by atoms with Crippen molar-refractivity contribution in [3.63, 3.8) is 0 Å². The van der Waals surface area contributed by atoms with E-state index in [1.807, 2.05) is 0 Å². The normalized spacial score (nSPS) is 12.4. The van der Waals surface area contributed by atoms with Gasteiger partial charge in [-0.1, -0.05) is 33.3 Å². The molecule has 1 amide bonds. The van der Waals surface area contributed by atoms with Crippen molar-refractivity contribution in [3.05, 3.63) is 12.7 Å². The Morgan fingerprint density at radius 1 is 1.28 bits per heavy atom. The van der Waals surface area contributed by atoms with Crippen LogP contribution in [0.5, 0.6) is 0 Å². The van der Waals surface area contributed by atoms with Gasteiger partial charge in [0.15, 0.2) is 6.17 Å². The van der Waals surface area contributed by atoms with Gasteiger partial charge in [-0.25, -0.2) is 0 Å². The van der Waals surface area contributed by atoms with Gasteiger partial charge in [-0.15, -0.1) is 0 Å². The second-order valence-corrected chi connectivity index (χ2v) is 5.20. The molecular formula is C14H29ClN2O. The van der Waals surface area contributed by atoms with Crippen molar-refractivity contribution in [2.75, 3.05) is 20.6 Å². The first-order chi connectivity index (χ1) is 7.97. The first-order valence-corrected chi connectivity index (χ1v) is 6.73. The van der Waals surface area contributed by atoms with Crippen LogP contribution in [0.1, 0.15) is 46.0 Å². The molecule has 0 heterocycles. The standard InChI is InChI=1S/C14H28N2O.ClH/c1-6-9-10-11-12-16(4,5)13(7-2)15-14(17)8-3;/h8,13H,3,6-7,9-12H2,1-2,4-5H3;1H. The largest absolute Gasteiger partial charge is 1.00 e. The molecule has 1 atom stereocenters. The third-order valence-electron chi connectivity index (χ3n) is 3.31. The van der Waals surface area contributed by atoms with E-state index in [9.17, 15) is 4.79 Å². The number of amides is 1. The molecule has 0 rings (SSSR count). The lowest BCUT2D eigenvalue weighted by molar-refractivity contribution is -0.917. The minimum atomic E-state index is -0.0726. The van der Waals surface area contributed by atoms with Gasteiger partial charge in [0.05, 0.1) is 20.6 Å². The van der Waals surface area contributed by atoms with E-state index >= 15 is 0 Å². The van der Waals surface area contributed by atoms with Crippen molar-refractivity contribution in [1.29, 1.82) is 0 Å². The SMILES string of the molecule is C=CC(=O)NC(CC)[N+](C)(C)CCCCCC.[Cl-]. The van der Waals surface area contributed by atoms with Gasteiger partial charge in [0, 0.05) is 6.42 Å². The van der Waals surface area contributed by atoms with E-state index in [-0.39, 0.29) is 24.5 Å². The number of hydrogen-bond acceptors (Lipinski definition) is 1. The molecule has 0 fully saturated rings. The molecule has 0 radical (unpaired) electrons. The van der Waals surface area contributed by atoms with Gasteiger partial charge in [-0.3, -0.25) is 4.79 Å². The molecule has 0 saturated carbocycles. The van der Waals surface area contributed by atoms with Crippen molar-refractivity contribution < 1.29 is 21.7 Å². The molecule has 0 saturated heterocycles. The van der Waals surface area contributed by atoms with Crippen molar-refractivity contribution in [3.8, 4) is 0 Å². The van der Waals surface area contributed by atoms with Crippen LogP contribution in [-0.4, -0.2) is 37.2 Å². The Morgan fingerprint density at radius 3 is 2.33 bits per heavy atom. The molecule has 1 unspecified atom stereocenters. The van der Waals surface area contributed by atoms with Gasteiger partial charge >= 0.3 is 0 Å². The summed E-state index contributed by atoms with van der Waals surface area (Å²) in [5, 5.41) is 3.01. The van der Waals surface area contributed by atoms with E-state index in [4.69, 9.17) is 0 Å². The van der Waals surface area contributed by atoms with Crippen LogP contribution in [0.4, 0.5) is 0 Å². The number of carbonyl (C=O) groups excluding carboxylic acids is 1. The van der Waals surface area contributed by atoms with Crippen LogP contribution in [0.15, 0.2) is 12.7 Å². The number of rotatable bonds is 9.